The Morgan fingerprint density at radius 2 is 1.71 bits per heavy atom. The molecule has 2 aromatic rings. The van der Waals surface area contributed by atoms with Crippen molar-refractivity contribution in [2.24, 2.45) is 5.11 Å². The minimum Gasteiger partial charge on any atom is -0.480 e. The van der Waals surface area contributed by atoms with Crippen molar-refractivity contribution >= 4 is 30.8 Å². The normalized spacial score (nSPS) is 20.5. The van der Waals surface area contributed by atoms with Crippen LogP contribution in [0.3, 0.4) is 0 Å². The number of ether oxygens (including phenoxy) is 1. The van der Waals surface area contributed by atoms with Gasteiger partial charge in [0.15, 0.2) is 11.6 Å². The van der Waals surface area contributed by atoms with Crippen molar-refractivity contribution in [1.82, 2.24) is 4.90 Å². The molecule has 3 rings (SSSR count). The highest BCUT2D eigenvalue weighted by molar-refractivity contribution is 6.99. The van der Waals surface area contributed by atoms with E-state index in [1.165, 1.54) is 4.90 Å². The molecule has 1 fully saturated rings. The van der Waals surface area contributed by atoms with E-state index >= 15 is 0 Å². The number of azide groups is 1. The first kappa shape index (κ1) is 29.2. The maximum Gasteiger partial charge on any atom is 0.411 e. The molecule has 10 heteroatoms. The fourth-order valence-corrected chi connectivity index (χ4v) is 10.4. The number of benzene rings is 2. The minimum atomic E-state index is -3.05. The average Bonchev–Trinajstić information content (AvgIpc) is 3.15. The van der Waals surface area contributed by atoms with Crippen molar-refractivity contribution in [3.8, 4) is 0 Å². The SMILES string of the molecule is CC[C@@H](O[Si](c1ccccc1)(c1ccccc1)C(C)(C)C)[C@@]1(C)OC(=O)N(CCCCN=[N+]=[N-])[C@@H]1C(=O)O. The van der Waals surface area contributed by atoms with Crippen molar-refractivity contribution in [2.75, 3.05) is 13.1 Å². The minimum absolute atomic E-state index is 0.183. The molecule has 0 saturated carbocycles. The maximum atomic E-state index is 13.1. The standard InChI is InChI=1S/C28H38N4O5Si/c1-6-23(28(5)24(25(33)34)32(26(35)36-28)20-14-13-19-30-31-29)37-38(27(2,3)4,21-15-9-7-10-16-21)22-17-11-8-12-18-22/h7-12,15-18,23-24H,6,13-14,19-20H2,1-5H3,(H,33,34)/t23-,24-,28-/m1/s1. The van der Waals surface area contributed by atoms with Crippen LogP contribution in [-0.4, -0.2) is 61.2 Å². The van der Waals surface area contributed by atoms with Gasteiger partial charge in [0.2, 0.25) is 0 Å². The second kappa shape index (κ2) is 12.0. The summed E-state index contributed by atoms with van der Waals surface area (Å²) in [5.41, 5.74) is 7.07. The number of hydrogen-bond acceptors (Lipinski definition) is 5. The van der Waals surface area contributed by atoms with Crippen LogP contribution in [0.5, 0.6) is 0 Å². The van der Waals surface area contributed by atoms with E-state index in [1.807, 2.05) is 43.3 Å². The van der Waals surface area contributed by atoms with Gasteiger partial charge in [-0.15, -0.1) is 0 Å². The molecule has 0 bridgehead atoms. The van der Waals surface area contributed by atoms with Crippen LogP contribution in [0.4, 0.5) is 4.79 Å². The summed E-state index contributed by atoms with van der Waals surface area (Å²) in [6.07, 6.45) is 0.107. The van der Waals surface area contributed by atoms with E-state index in [0.29, 0.717) is 19.3 Å². The van der Waals surface area contributed by atoms with Gasteiger partial charge in [0.1, 0.15) is 0 Å². The van der Waals surface area contributed by atoms with Gasteiger partial charge in [0.25, 0.3) is 8.32 Å². The topological polar surface area (TPSA) is 125 Å². The Labute approximate surface area is 225 Å². The van der Waals surface area contributed by atoms with Gasteiger partial charge in [-0.2, -0.15) is 0 Å². The molecule has 1 aliphatic rings. The molecule has 1 heterocycles. The number of unbranched alkanes of at least 4 members (excludes halogenated alkanes) is 1. The first-order valence-corrected chi connectivity index (χ1v) is 15.0. The summed E-state index contributed by atoms with van der Waals surface area (Å²) in [5.74, 6) is -1.14. The Morgan fingerprint density at radius 1 is 1.16 bits per heavy atom. The van der Waals surface area contributed by atoms with Gasteiger partial charge in [0, 0.05) is 18.0 Å². The zero-order valence-corrected chi connectivity index (χ0v) is 23.8. The molecule has 1 N–H and O–H groups in total. The Morgan fingerprint density at radius 3 is 2.16 bits per heavy atom. The molecule has 3 atom stereocenters. The Balaban J connectivity index is 2.08. The first-order chi connectivity index (χ1) is 18.0. The molecule has 1 amide bonds. The molecule has 1 saturated heterocycles. The molecular formula is C28H38N4O5Si. The number of amides is 1. The second-order valence-corrected chi connectivity index (χ2v) is 15.1. The monoisotopic (exact) mass is 538 g/mol. The van der Waals surface area contributed by atoms with Crippen LogP contribution in [0, 0.1) is 0 Å². The maximum absolute atomic E-state index is 13.1. The van der Waals surface area contributed by atoms with Crippen molar-refractivity contribution in [3.05, 3.63) is 71.1 Å². The molecule has 38 heavy (non-hydrogen) atoms. The number of rotatable bonds is 12. The number of aliphatic carboxylic acids is 1. The van der Waals surface area contributed by atoms with E-state index in [2.05, 4.69) is 55.1 Å². The summed E-state index contributed by atoms with van der Waals surface area (Å²) in [7, 11) is -3.05. The van der Waals surface area contributed by atoms with Gasteiger partial charge < -0.3 is 14.3 Å². The predicted octanol–water partition coefficient (Wildman–Crippen LogP) is 5.10. The lowest BCUT2D eigenvalue weighted by molar-refractivity contribution is -0.149. The van der Waals surface area contributed by atoms with Crippen LogP contribution in [0.15, 0.2) is 65.8 Å². The van der Waals surface area contributed by atoms with E-state index in [0.717, 1.165) is 10.4 Å². The molecule has 1 aliphatic heterocycles. The van der Waals surface area contributed by atoms with E-state index in [9.17, 15) is 14.7 Å². The van der Waals surface area contributed by atoms with E-state index < -0.39 is 38.1 Å². The fourth-order valence-electron chi connectivity index (χ4n) is 5.58. The molecule has 0 aromatic heterocycles. The van der Waals surface area contributed by atoms with E-state index in [-0.39, 0.29) is 18.1 Å². The summed E-state index contributed by atoms with van der Waals surface area (Å²) < 4.78 is 13.2. The number of carbonyl (C=O) groups is 2. The summed E-state index contributed by atoms with van der Waals surface area (Å²) in [6, 6.07) is 19.0. The van der Waals surface area contributed by atoms with Crippen molar-refractivity contribution in [3.63, 3.8) is 0 Å². The number of carbonyl (C=O) groups excluding carboxylic acids is 1. The third kappa shape index (κ3) is 5.57. The zero-order valence-electron chi connectivity index (χ0n) is 22.8. The van der Waals surface area contributed by atoms with E-state index in [1.54, 1.807) is 6.92 Å². The third-order valence-electron chi connectivity index (χ3n) is 7.35. The van der Waals surface area contributed by atoms with Crippen LogP contribution in [-0.2, 0) is 14.0 Å². The summed E-state index contributed by atoms with van der Waals surface area (Å²) in [5, 5.41) is 15.6. The Bertz CT molecular complexity index is 1110. The van der Waals surface area contributed by atoms with Gasteiger partial charge in [-0.3, -0.25) is 4.90 Å². The fraction of sp³-hybridized carbons (Fsp3) is 0.500. The Kier molecular flexibility index (Phi) is 9.25. The zero-order chi connectivity index (χ0) is 28.0. The molecular weight excluding hydrogens is 500 g/mol. The Hall–Kier alpha value is -3.33. The van der Waals surface area contributed by atoms with Gasteiger partial charge >= 0.3 is 12.1 Å². The lowest BCUT2D eigenvalue weighted by atomic mass is 9.88. The van der Waals surface area contributed by atoms with Crippen molar-refractivity contribution < 1.29 is 23.9 Å². The number of cyclic esters (lactones) is 1. The van der Waals surface area contributed by atoms with Crippen LogP contribution >= 0.6 is 0 Å². The lowest BCUT2D eigenvalue weighted by Gasteiger charge is -2.48. The lowest BCUT2D eigenvalue weighted by Crippen LogP contribution is -2.70. The smallest absolute Gasteiger partial charge is 0.411 e. The number of hydrogen-bond donors (Lipinski definition) is 1. The molecule has 2 aromatic carbocycles. The quantitative estimate of drug-likeness (QED) is 0.132. The molecule has 9 nitrogen and oxygen atoms in total. The third-order valence-corrected chi connectivity index (χ3v) is 12.4. The molecule has 0 aliphatic carbocycles. The van der Waals surface area contributed by atoms with Gasteiger partial charge in [0.05, 0.1) is 6.10 Å². The number of carboxylic acids is 1. The van der Waals surface area contributed by atoms with Gasteiger partial charge in [-0.1, -0.05) is 93.5 Å². The highest BCUT2D eigenvalue weighted by atomic mass is 28.4. The van der Waals surface area contributed by atoms with Gasteiger partial charge in [-0.25, -0.2) is 9.59 Å². The number of nitrogens with zero attached hydrogens (tertiary/aromatic N) is 4. The molecule has 0 spiro atoms. The van der Waals surface area contributed by atoms with Crippen LogP contribution in [0.1, 0.15) is 53.9 Å². The van der Waals surface area contributed by atoms with Gasteiger partial charge in [-0.05, 0) is 47.1 Å². The van der Waals surface area contributed by atoms with Crippen molar-refractivity contribution in [1.29, 1.82) is 0 Å². The highest BCUT2D eigenvalue weighted by Gasteiger charge is 2.62. The first-order valence-electron chi connectivity index (χ1n) is 13.0. The number of carboxylic acid groups (broad SMARTS) is 1. The second-order valence-electron chi connectivity index (χ2n) is 10.8. The molecule has 0 unspecified atom stereocenters. The largest absolute Gasteiger partial charge is 0.480 e. The summed E-state index contributed by atoms with van der Waals surface area (Å²) >= 11 is 0. The van der Waals surface area contributed by atoms with Crippen LogP contribution in [0.25, 0.3) is 10.4 Å². The average molecular weight is 539 g/mol. The predicted molar refractivity (Wildman–Crippen MR) is 149 cm³/mol. The van der Waals surface area contributed by atoms with E-state index in [4.69, 9.17) is 14.7 Å². The van der Waals surface area contributed by atoms with Crippen LogP contribution in [0.2, 0.25) is 5.04 Å². The summed E-state index contributed by atoms with van der Waals surface area (Å²) in [4.78, 5) is 29.7. The summed E-state index contributed by atoms with van der Waals surface area (Å²) in [6.45, 7) is 10.5. The molecule has 0 radical (unpaired) electrons. The van der Waals surface area contributed by atoms with Crippen LogP contribution < -0.4 is 10.4 Å². The van der Waals surface area contributed by atoms with Crippen molar-refractivity contribution in [2.45, 2.75) is 76.7 Å². The highest BCUT2D eigenvalue weighted by Crippen LogP contribution is 2.42. The molecule has 204 valence electrons.